The molecule has 0 amide bonds. The summed E-state index contributed by atoms with van der Waals surface area (Å²) < 4.78 is 5.83. The molecular formula is C14H16N6O3. The van der Waals surface area contributed by atoms with E-state index in [1.807, 2.05) is 23.1 Å². The van der Waals surface area contributed by atoms with Crippen LogP contribution in [0.5, 0.6) is 0 Å². The second-order valence-electron chi connectivity index (χ2n) is 5.19. The molecule has 0 spiro atoms. The van der Waals surface area contributed by atoms with Crippen LogP contribution in [0.15, 0.2) is 30.6 Å². The number of rotatable bonds is 5. The van der Waals surface area contributed by atoms with Gasteiger partial charge in [-0.3, -0.25) is 15.1 Å². The molecular weight excluding hydrogens is 300 g/mol. The molecule has 9 nitrogen and oxygen atoms in total. The number of anilines is 2. The standard InChI is InChI=1S/C14H16N6O3/c15-13-12(20(21)22)7-17-14(18-13)19-6-4-11(8-19)23-9-10-3-1-2-5-16-10/h1-3,5,7,11H,4,6,8-9H2,(H2,15,17,18)/t11-/m0/s1. The zero-order valence-corrected chi connectivity index (χ0v) is 12.3. The molecule has 1 atom stereocenters. The monoisotopic (exact) mass is 316 g/mol. The van der Waals surface area contributed by atoms with Crippen LogP contribution >= 0.6 is 0 Å². The Bertz CT molecular complexity index is 696. The van der Waals surface area contributed by atoms with Crippen molar-refractivity contribution in [1.82, 2.24) is 15.0 Å². The molecule has 0 unspecified atom stereocenters. The second kappa shape index (κ2) is 6.53. The van der Waals surface area contributed by atoms with Crippen LogP contribution in [0.3, 0.4) is 0 Å². The summed E-state index contributed by atoms with van der Waals surface area (Å²) in [5.41, 5.74) is 6.20. The number of hydrogen-bond acceptors (Lipinski definition) is 8. The average Bonchev–Trinajstić information content (AvgIpc) is 3.02. The van der Waals surface area contributed by atoms with Crippen molar-refractivity contribution < 1.29 is 9.66 Å². The maximum atomic E-state index is 10.7. The predicted molar refractivity (Wildman–Crippen MR) is 82.7 cm³/mol. The number of ether oxygens (including phenoxy) is 1. The minimum absolute atomic E-state index is 0.0389. The number of pyridine rings is 1. The van der Waals surface area contributed by atoms with Crippen molar-refractivity contribution in [3.05, 3.63) is 46.4 Å². The van der Waals surface area contributed by atoms with Crippen molar-refractivity contribution in [2.75, 3.05) is 23.7 Å². The third kappa shape index (κ3) is 3.51. The van der Waals surface area contributed by atoms with Gasteiger partial charge in [-0.05, 0) is 18.6 Å². The highest BCUT2D eigenvalue weighted by Crippen LogP contribution is 2.23. The molecule has 0 bridgehead atoms. The summed E-state index contributed by atoms with van der Waals surface area (Å²) in [6.45, 7) is 1.77. The van der Waals surface area contributed by atoms with Crippen molar-refractivity contribution in [3.8, 4) is 0 Å². The van der Waals surface area contributed by atoms with Crippen molar-refractivity contribution >= 4 is 17.5 Å². The number of nitro groups is 1. The Morgan fingerprint density at radius 2 is 2.30 bits per heavy atom. The quantitative estimate of drug-likeness (QED) is 0.644. The third-order valence-corrected chi connectivity index (χ3v) is 3.60. The van der Waals surface area contributed by atoms with Gasteiger partial charge in [0.15, 0.2) is 0 Å². The molecule has 0 saturated carbocycles. The van der Waals surface area contributed by atoms with Gasteiger partial charge in [-0.15, -0.1) is 0 Å². The van der Waals surface area contributed by atoms with E-state index < -0.39 is 4.92 Å². The van der Waals surface area contributed by atoms with Gasteiger partial charge in [-0.1, -0.05) is 6.07 Å². The lowest BCUT2D eigenvalue weighted by Crippen LogP contribution is -2.25. The molecule has 3 heterocycles. The van der Waals surface area contributed by atoms with E-state index in [1.165, 1.54) is 0 Å². The van der Waals surface area contributed by atoms with Gasteiger partial charge in [0.2, 0.25) is 11.8 Å². The molecule has 23 heavy (non-hydrogen) atoms. The van der Waals surface area contributed by atoms with Crippen LogP contribution in [0.4, 0.5) is 17.5 Å². The highest BCUT2D eigenvalue weighted by atomic mass is 16.6. The largest absolute Gasteiger partial charge is 0.378 e. The zero-order chi connectivity index (χ0) is 16.2. The Kier molecular flexibility index (Phi) is 4.29. The van der Waals surface area contributed by atoms with Gasteiger partial charge in [0, 0.05) is 19.3 Å². The minimum atomic E-state index is -0.595. The van der Waals surface area contributed by atoms with Crippen molar-refractivity contribution in [3.63, 3.8) is 0 Å². The Morgan fingerprint density at radius 1 is 1.43 bits per heavy atom. The zero-order valence-electron chi connectivity index (χ0n) is 12.3. The Balaban J connectivity index is 1.59. The van der Waals surface area contributed by atoms with Crippen LogP contribution in [0.2, 0.25) is 0 Å². The topological polar surface area (TPSA) is 120 Å². The van der Waals surface area contributed by atoms with Gasteiger partial charge in [-0.25, -0.2) is 4.98 Å². The molecule has 1 fully saturated rings. The fraction of sp³-hybridized carbons (Fsp3) is 0.357. The molecule has 1 saturated heterocycles. The number of hydrogen-bond donors (Lipinski definition) is 1. The number of aromatic nitrogens is 3. The number of nitrogens with zero attached hydrogens (tertiary/aromatic N) is 5. The predicted octanol–water partition coefficient (Wildman–Crippen LogP) is 1.16. The summed E-state index contributed by atoms with van der Waals surface area (Å²) in [5.74, 6) is 0.259. The van der Waals surface area contributed by atoms with Crippen LogP contribution in [0, 0.1) is 10.1 Å². The normalized spacial score (nSPS) is 17.4. The lowest BCUT2D eigenvalue weighted by atomic mass is 10.3. The molecule has 1 aliphatic rings. The molecule has 2 aromatic rings. The first-order valence-corrected chi connectivity index (χ1v) is 7.17. The molecule has 120 valence electrons. The molecule has 9 heteroatoms. The van der Waals surface area contributed by atoms with Gasteiger partial charge >= 0.3 is 5.69 Å². The summed E-state index contributed by atoms with van der Waals surface area (Å²) in [4.78, 5) is 24.3. The maximum Gasteiger partial charge on any atom is 0.329 e. The highest BCUT2D eigenvalue weighted by Gasteiger charge is 2.26. The molecule has 0 aromatic carbocycles. The number of nitrogens with two attached hydrogens (primary N) is 1. The van der Waals surface area contributed by atoms with E-state index in [0.717, 1.165) is 18.3 Å². The molecule has 3 rings (SSSR count). The van der Waals surface area contributed by atoms with E-state index in [9.17, 15) is 10.1 Å². The van der Waals surface area contributed by atoms with E-state index in [1.54, 1.807) is 6.20 Å². The van der Waals surface area contributed by atoms with Crippen molar-refractivity contribution in [2.45, 2.75) is 19.1 Å². The lowest BCUT2D eigenvalue weighted by Gasteiger charge is -2.16. The summed E-state index contributed by atoms with van der Waals surface area (Å²) in [6, 6.07) is 5.68. The van der Waals surface area contributed by atoms with E-state index in [0.29, 0.717) is 25.6 Å². The molecule has 0 aliphatic carbocycles. The highest BCUT2D eigenvalue weighted by molar-refractivity contribution is 5.54. The van der Waals surface area contributed by atoms with Crippen LogP contribution in [-0.2, 0) is 11.3 Å². The average molecular weight is 316 g/mol. The van der Waals surface area contributed by atoms with Crippen molar-refractivity contribution in [2.24, 2.45) is 0 Å². The maximum absolute atomic E-state index is 10.7. The van der Waals surface area contributed by atoms with E-state index >= 15 is 0 Å². The van der Waals surface area contributed by atoms with Gasteiger partial charge in [0.05, 0.1) is 23.3 Å². The number of nitrogen functional groups attached to an aromatic ring is 1. The Hall–Kier alpha value is -2.81. The van der Waals surface area contributed by atoms with E-state index in [-0.39, 0.29) is 17.6 Å². The van der Waals surface area contributed by atoms with Crippen LogP contribution in [0.25, 0.3) is 0 Å². The molecule has 2 N–H and O–H groups in total. The first-order valence-electron chi connectivity index (χ1n) is 7.17. The van der Waals surface area contributed by atoms with Gasteiger partial charge in [-0.2, -0.15) is 4.98 Å². The first kappa shape index (κ1) is 15.1. The fourth-order valence-electron chi connectivity index (χ4n) is 2.40. The fourth-order valence-corrected chi connectivity index (χ4v) is 2.40. The summed E-state index contributed by atoms with van der Waals surface area (Å²) >= 11 is 0. The Morgan fingerprint density at radius 3 is 3.00 bits per heavy atom. The second-order valence-corrected chi connectivity index (χ2v) is 5.19. The van der Waals surface area contributed by atoms with Crippen LogP contribution < -0.4 is 10.6 Å². The molecule has 1 aliphatic heterocycles. The van der Waals surface area contributed by atoms with Crippen LogP contribution in [-0.4, -0.2) is 39.1 Å². The molecule has 0 radical (unpaired) electrons. The summed E-state index contributed by atoms with van der Waals surface area (Å²) in [7, 11) is 0. The lowest BCUT2D eigenvalue weighted by molar-refractivity contribution is -0.384. The van der Waals surface area contributed by atoms with Gasteiger partial charge in [0.25, 0.3) is 0 Å². The summed E-state index contributed by atoms with van der Waals surface area (Å²) in [6.07, 6.45) is 3.73. The van der Waals surface area contributed by atoms with E-state index in [4.69, 9.17) is 10.5 Å². The van der Waals surface area contributed by atoms with Crippen molar-refractivity contribution in [1.29, 1.82) is 0 Å². The van der Waals surface area contributed by atoms with Gasteiger partial charge in [0.1, 0.15) is 6.20 Å². The van der Waals surface area contributed by atoms with Gasteiger partial charge < -0.3 is 15.4 Å². The summed E-state index contributed by atoms with van der Waals surface area (Å²) in [5, 5.41) is 10.7. The third-order valence-electron chi connectivity index (χ3n) is 3.60. The minimum Gasteiger partial charge on any atom is -0.378 e. The van der Waals surface area contributed by atoms with E-state index in [2.05, 4.69) is 15.0 Å². The Labute approximate surface area is 132 Å². The molecule has 2 aromatic heterocycles. The smallest absolute Gasteiger partial charge is 0.329 e. The SMILES string of the molecule is Nc1nc(N2CC[C@H](OCc3ccccn3)C2)ncc1[N+](=O)[O-]. The first-order chi connectivity index (χ1) is 11.1. The van der Waals surface area contributed by atoms with Crippen LogP contribution in [0.1, 0.15) is 12.1 Å².